The first-order chi connectivity index (χ1) is 5.90. The average molecular weight is 180 g/mol. The third-order valence-electron chi connectivity index (χ3n) is 2.02. The molecular weight excluding hydrogens is 168 g/mol. The molecule has 1 nitrogen and oxygen atoms in total. The fraction of sp³-hybridized carbons (Fsp3) is 0.400. The van der Waals surface area contributed by atoms with Crippen molar-refractivity contribution in [3.8, 4) is 5.75 Å². The second-order valence-electron chi connectivity index (χ2n) is 2.91. The van der Waals surface area contributed by atoms with E-state index in [0.29, 0.717) is 5.25 Å². The van der Waals surface area contributed by atoms with Crippen molar-refractivity contribution in [2.24, 2.45) is 0 Å². The predicted octanol–water partition coefficient (Wildman–Crippen LogP) is 2.95. The van der Waals surface area contributed by atoms with Crippen LogP contribution in [-0.2, 0) is 0 Å². The molecule has 0 radical (unpaired) electrons. The zero-order valence-corrected chi connectivity index (χ0v) is 7.93. The van der Waals surface area contributed by atoms with E-state index in [9.17, 15) is 0 Å². The van der Waals surface area contributed by atoms with Gasteiger partial charge in [0.1, 0.15) is 12.4 Å². The minimum Gasteiger partial charge on any atom is -0.491 e. The molecule has 0 fully saturated rings. The molecule has 0 bridgehead atoms. The Morgan fingerprint density at radius 2 is 2.33 bits per heavy atom. The van der Waals surface area contributed by atoms with Crippen molar-refractivity contribution < 1.29 is 4.74 Å². The summed E-state index contributed by atoms with van der Waals surface area (Å²) in [5.74, 6) is 1.05. The molecule has 1 unspecified atom stereocenters. The molecule has 0 spiro atoms. The molecular formula is C10H12OS. The lowest BCUT2D eigenvalue weighted by molar-refractivity contribution is 0.300. The third-order valence-corrected chi connectivity index (χ3v) is 3.42. The third kappa shape index (κ3) is 1.44. The van der Waals surface area contributed by atoms with Crippen LogP contribution in [0.4, 0.5) is 0 Å². The van der Waals surface area contributed by atoms with Crippen LogP contribution in [-0.4, -0.2) is 11.9 Å². The van der Waals surface area contributed by atoms with Crippen LogP contribution in [0.2, 0.25) is 0 Å². The minimum atomic E-state index is 0.639. The highest BCUT2D eigenvalue weighted by Gasteiger charge is 2.17. The number of thioether (sulfide) groups is 1. The van der Waals surface area contributed by atoms with E-state index in [1.165, 1.54) is 11.3 Å². The molecule has 2 rings (SSSR count). The van der Waals surface area contributed by atoms with E-state index in [1.54, 1.807) is 0 Å². The van der Waals surface area contributed by atoms with E-state index in [0.717, 1.165) is 12.4 Å². The van der Waals surface area contributed by atoms with Gasteiger partial charge in [0.15, 0.2) is 0 Å². The summed E-state index contributed by atoms with van der Waals surface area (Å²) in [5.41, 5.74) is 0. The highest BCUT2D eigenvalue weighted by atomic mass is 32.2. The highest BCUT2D eigenvalue weighted by Crippen LogP contribution is 2.37. The minimum absolute atomic E-state index is 0.639. The summed E-state index contributed by atoms with van der Waals surface area (Å²) in [4.78, 5) is 1.29. The zero-order valence-electron chi connectivity index (χ0n) is 7.12. The van der Waals surface area contributed by atoms with Crippen molar-refractivity contribution in [3.05, 3.63) is 24.3 Å². The number of ether oxygens (including phenoxy) is 1. The first kappa shape index (κ1) is 7.99. The van der Waals surface area contributed by atoms with Crippen LogP contribution in [0.1, 0.15) is 13.3 Å². The molecule has 0 aromatic heterocycles. The van der Waals surface area contributed by atoms with Crippen molar-refractivity contribution in [2.75, 3.05) is 6.61 Å². The second-order valence-corrected chi connectivity index (χ2v) is 4.25. The summed E-state index contributed by atoms with van der Waals surface area (Å²) in [6, 6.07) is 8.24. The van der Waals surface area contributed by atoms with E-state index >= 15 is 0 Å². The smallest absolute Gasteiger partial charge is 0.132 e. The van der Waals surface area contributed by atoms with Crippen LogP contribution in [0.25, 0.3) is 0 Å². The topological polar surface area (TPSA) is 9.23 Å². The van der Waals surface area contributed by atoms with E-state index in [-0.39, 0.29) is 0 Å². The quantitative estimate of drug-likeness (QED) is 0.657. The Bertz CT molecular complexity index is 272. The predicted molar refractivity (Wildman–Crippen MR) is 51.9 cm³/mol. The Hall–Kier alpha value is -0.630. The Balaban J connectivity index is 2.23. The molecule has 0 saturated carbocycles. The SMILES string of the molecule is CCC1COc2ccccc2S1. The first-order valence-electron chi connectivity index (χ1n) is 4.28. The van der Waals surface area contributed by atoms with E-state index in [4.69, 9.17) is 4.74 Å². The summed E-state index contributed by atoms with van der Waals surface area (Å²) >= 11 is 1.93. The normalized spacial score (nSPS) is 21.2. The first-order valence-corrected chi connectivity index (χ1v) is 5.16. The van der Waals surface area contributed by atoms with Gasteiger partial charge in [-0.2, -0.15) is 0 Å². The molecule has 1 aromatic carbocycles. The fourth-order valence-corrected chi connectivity index (χ4v) is 2.33. The monoisotopic (exact) mass is 180 g/mol. The fourth-order valence-electron chi connectivity index (χ4n) is 1.26. The summed E-state index contributed by atoms with van der Waals surface area (Å²) in [5, 5.41) is 0.639. The van der Waals surface area contributed by atoms with Crippen molar-refractivity contribution in [1.29, 1.82) is 0 Å². The van der Waals surface area contributed by atoms with E-state index in [1.807, 2.05) is 23.9 Å². The molecule has 1 atom stereocenters. The molecule has 12 heavy (non-hydrogen) atoms. The largest absolute Gasteiger partial charge is 0.491 e. The van der Waals surface area contributed by atoms with Gasteiger partial charge < -0.3 is 4.74 Å². The molecule has 1 aliphatic heterocycles. The Morgan fingerprint density at radius 1 is 1.50 bits per heavy atom. The molecule has 0 amide bonds. The maximum atomic E-state index is 5.61. The number of para-hydroxylation sites is 1. The van der Waals surface area contributed by atoms with Gasteiger partial charge in [-0.3, -0.25) is 0 Å². The molecule has 0 saturated heterocycles. The summed E-state index contributed by atoms with van der Waals surface area (Å²) in [6.45, 7) is 3.06. The van der Waals surface area contributed by atoms with E-state index in [2.05, 4.69) is 19.1 Å². The number of fused-ring (bicyclic) bond motifs is 1. The molecule has 64 valence electrons. The Morgan fingerprint density at radius 3 is 3.17 bits per heavy atom. The molecule has 0 N–H and O–H groups in total. The van der Waals surface area contributed by atoms with Gasteiger partial charge >= 0.3 is 0 Å². The van der Waals surface area contributed by atoms with Crippen molar-refractivity contribution >= 4 is 11.8 Å². The number of hydrogen-bond donors (Lipinski definition) is 0. The number of hydrogen-bond acceptors (Lipinski definition) is 2. The van der Waals surface area contributed by atoms with Crippen molar-refractivity contribution in [2.45, 2.75) is 23.5 Å². The highest BCUT2D eigenvalue weighted by molar-refractivity contribution is 8.00. The van der Waals surface area contributed by atoms with Gasteiger partial charge in [-0.25, -0.2) is 0 Å². The standard InChI is InChI=1S/C10H12OS/c1-2-8-7-11-9-5-3-4-6-10(9)12-8/h3-6,8H,2,7H2,1H3. The van der Waals surface area contributed by atoms with Crippen LogP contribution in [0.5, 0.6) is 5.75 Å². The Kier molecular flexibility index (Phi) is 2.26. The summed E-state index contributed by atoms with van der Waals surface area (Å²) < 4.78 is 5.61. The van der Waals surface area contributed by atoms with Gasteiger partial charge in [-0.1, -0.05) is 19.1 Å². The van der Waals surface area contributed by atoms with Crippen LogP contribution in [0.3, 0.4) is 0 Å². The van der Waals surface area contributed by atoms with Crippen LogP contribution in [0.15, 0.2) is 29.2 Å². The van der Waals surface area contributed by atoms with Crippen LogP contribution >= 0.6 is 11.8 Å². The maximum Gasteiger partial charge on any atom is 0.132 e. The lowest BCUT2D eigenvalue weighted by Gasteiger charge is -2.23. The Labute approximate surface area is 77.1 Å². The van der Waals surface area contributed by atoms with Gasteiger partial charge in [0.05, 0.1) is 0 Å². The molecule has 1 heterocycles. The number of benzene rings is 1. The summed E-state index contributed by atoms with van der Waals surface area (Å²) in [6.07, 6.45) is 1.18. The second kappa shape index (κ2) is 3.40. The molecule has 0 aliphatic carbocycles. The van der Waals surface area contributed by atoms with Gasteiger partial charge in [-0.15, -0.1) is 11.8 Å². The molecule has 1 aromatic rings. The summed E-state index contributed by atoms with van der Waals surface area (Å²) in [7, 11) is 0. The molecule has 1 aliphatic rings. The maximum absolute atomic E-state index is 5.61. The van der Waals surface area contributed by atoms with Gasteiger partial charge in [-0.05, 0) is 18.6 Å². The van der Waals surface area contributed by atoms with Crippen LogP contribution < -0.4 is 4.74 Å². The van der Waals surface area contributed by atoms with Gasteiger partial charge in [0, 0.05) is 10.1 Å². The van der Waals surface area contributed by atoms with Gasteiger partial charge in [0.25, 0.3) is 0 Å². The van der Waals surface area contributed by atoms with Gasteiger partial charge in [0.2, 0.25) is 0 Å². The average Bonchev–Trinajstić information content (AvgIpc) is 2.17. The molecule has 2 heteroatoms. The van der Waals surface area contributed by atoms with Crippen LogP contribution in [0, 0.1) is 0 Å². The zero-order chi connectivity index (χ0) is 8.39. The lowest BCUT2D eigenvalue weighted by Crippen LogP contribution is -2.17. The lowest BCUT2D eigenvalue weighted by atomic mass is 10.3. The van der Waals surface area contributed by atoms with Crippen molar-refractivity contribution in [1.82, 2.24) is 0 Å². The van der Waals surface area contributed by atoms with E-state index < -0.39 is 0 Å². The number of rotatable bonds is 1. The van der Waals surface area contributed by atoms with Crippen molar-refractivity contribution in [3.63, 3.8) is 0 Å².